The largest absolute Gasteiger partial charge is 0.376 e. The monoisotopic (exact) mass is 185 g/mol. The first-order valence-corrected chi connectivity index (χ1v) is 4.98. The molecule has 0 aromatic heterocycles. The summed E-state index contributed by atoms with van der Waals surface area (Å²) in [6.07, 6.45) is 1.29. The van der Waals surface area contributed by atoms with Gasteiger partial charge in [-0.2, -0.15) is 0 Å². The van der Waals surface area contributed by atoms with Crippen molar-refractivity contribution < 1.29 is 4.74 Å². The average Bonchev–Trinajstić information content (AvgIpc) is 2.02. The summed E-state index contributed by atoms with van der Waals surface area (Å²) in [4.78, 5) is 0. The summed E-state index contributed by atoms with van der Waals surface area (Å²) in [5.41, 5.74) is 1.19. The maximum atomic E-state index is 5.73. The van der Waals surface area contributed by atoms with Gasteiger partial charge in [-0.1, -0.05) is 19.4 Å². The van der Waals surface area contributed by atoms with E-state index in [1.165, 1.54) is 5.57 Å². The fourth-order valence-corrected chi connectivity index (χ4v) is 1.07. The molecule has 0 fully saturated rings. The summed E-state index contributed by atoms with van der Waals surface area (Å²) < 4.78 is 5.73. The standard InChI is InChI=1S/C11H23NO/c1-9(2)6-7-13-11(8-12-5)10(3)4/h10-12H,1,6-8H2,2-5H3. The van der Waals surface area contributed by atoms with Gasteiger partial charge in [0.1, 0.15) is 0 Å². The first kappa shape index (κ1) is 12.7. The number of ether oxygens (including phenoxy) is 1. The smallest absolute Gasteiger partial charge is 0.0722 e. The van der Waals surface area contributed by atoms with Crippen molar-refractivity contribution in [2.45, 2.75) is 33.3 Å². The molecule has 2 heteroatoms. The summed E-state index contributed by atoms with van der Waals surface area (Å²) in [6, 6.07) is 0. The fraction of sp³-hybridized carbons (Fsp3) is 0.818. The summed E-state index contributed by atoms with van der Waals surface area (Å²) in [5, 5.41) is 3.14. The Kier molecular flexibility index (Phi) is 6.92. The van der Waals surface area contributed by atoms with Crippen molar-refractivity contribution >= 4 is 0 Å². The van der Waals surface area contributed by atoms with E-state index in [9.17, 15) is 0 Å². The van der Waals surface area contributed by atoms with E-state index in [4.69, 9.17) is 4.74 Å². The van der Waals surface area contributed by atoms with E-state index >= 15 is 0 Å². The van der Waals surface area contributed by atoms with Crippen molar-refractivity contribution in [3.63, 3.8) is 0 Å². The Morgan fingerprint density at radius 1 is 1.46 bits per heavy atom. The minimum absolute atomic E-state index is 0.323. The van der Waals surface area contributed by atoms with Crippen LogP contribution in [0.1, 0.15) is 27.2 Å². The number of rotatable bonds is 7. The molecule has 0 aromatic carbocycles. The molecular formula is C11H23NO. The van der Waals surface area contributed by atoms with Gasteiger partial charge in [-0.15, -0.1) is 6.58 Å². The molecule has 2 nitrogen and oxygen atoms in total. The predicted molar refractivity (Wildman–Crippen MR) is 57.9 cm³/mol. The lowest BCUT2D eigenvalue weighted by atomic mass is 10.1. The molecule has 0 bridgehead atoms. The van der Waals surface area contributed by atoms with Crippen LogP contribution in [-0.2, 0) is 4.74 Å². The minimum atomic E-state index is 0.323. The third kappa shape index (κ3) is 6.79. The number of nitrogens with one attached hydrogen (secondary N) is 1. The molecule has 0 radical (unpaired) electrons. The van der Waals surface area contributed by atoms with Gasteiger partial charge in [0.2, 0.25) is 0 Å². The number of hydrogen-bond acceptors (Lipinski definition) is 2. The second-order valence-corrected chi connectivity index (χ2v) is 3.92. The van der Waals surface area contributed by atoms with Crippen LogP contribution >= 0.6 is 0 Å². The molecule has 78 valence electrons. The first-order valence-electron chi connectivity index (χ1n) is 4.98. The molecule has 0 aliphatic heterocycles. The molecular weight excluding hydrogens is 162 g/mol. The SMILES string of the molecule is C=C(C)CCOC(CNC)C(C)C. The van der Waals surface area contributed by atoms with E-state index in [0.29, 0.717) is 12.0 Å². The van der Waals surface area contributed by atoms with Gasteiger partial charge in [-0.05, 0) is 26.3 Å². The molecule has 0 saturated carbocycles. The average molecular weight is 185 g/mol. The van der Waals surface area contributed by atoms with Crippen LogP contribution in [0.4, 0.5) is 0 Å². The first-order chi connectivity index (χ1) is 6.07. The molecule has 1 N–H and O–H groups in total. The van der Waals surface area contributed by atoms with Gasteiger partial charge in [0.25, 0.3) is 0 Å². The molecule has 0 heterocycles. The number of hydrogen-bond donors (Lipinski definition) is 1. The molecule has 0 amide bonds. The number of likely N-dealkylation sites (N-methyl/N-ethyl adjacent to an activating group) is 1. The van der Waals surface area contributed by atoms with Crippen molar-refractivity contribution in [1.29, 1.82) is 0 Å². The van der Waals surface area contributed by atoms with Gasteiger partial charge >= 0.3 is 0 Å². The molecule has 0 rings (SSSR count). The van der Waals surface area contributed by atoms with Crippen LogP contribution in [0, 0.1) is 5.92 Å². The Balaban J connectivity index is 3.62. The van der Waals surface area contributed by atoms with E-state index in [2.05, 4.69) is 25.7 Å². The Bertz CT molecular complexity index is 143. The van der Waals surface area contributed by atoms with E-state index in [0.717, 1.165) is 19.6 Å². The van der Waals surface area contributed by atoms with E-state index in [1.807, 2.05) is 14.0 Å². The molecule has 1 atom stereocenters. The van der Waals surface area contributed by atoms with Crippen LogP contribution in [-0.4, -0.2) is 26.3 Å². The molecule has 0 saturated heterocycles. The zero-order valence-corrected chi connectivity index (χ0v) is 9.39. The highest BCUT2D eigenvalue weighted by molar-refractivity contribution is 4.87. The van der Waals surface area contributed by atoms with Crippen molar-refractivity contribution in [2.75, 3.05) is 20.2 Å². The van der Waals surface area contributed by atoms with Crippen molar-refractivity contribution in [2.24, 2.45) is 5.92 Å². The summed E-state index contributed by atoms with van der Waals surface area (Å²) >= 11 is 0. The lowest BCUT2D eigenvalue weighted by Gasteiger charge is -2.21. The lowest BCUT2D eigenvalue weighted by molar-refractivity contribution is 0.0260. The highest BCUT2D eigenvalue weighted by Crippen LogP contribution is 2.07. The van der Waals surface area contributed by atoms with Gasteiger partial charge < -0.3 is 10.1 Å². The van der Waals surface area contributed by atoms with Crippen LogP contribution in [0.25, 0.3) is 0 Å². The summed E-state index contributed by atoms with van der Waals surface area (Å²) in [7, 11) is 1.96. The van der Waals surface area contributed by atoms with Crippen LogP contribution < -0.4 is 5.32 Å². The van der Waals surface area contributed by atoms with Crippen molar-refractivity contribution in [1.82, 2.24) is 5.32 Å². The van der Waals surface area contributed by atoms with Crippen LogP contribution in [0.5, 0.6) is 0 Å². The maximum absolute atomic E-state index is 5.73. The minimum Gasteiger partial charge on any atom is -0.376 e. The van der Waals surface area contributed by atoms with Gasteiger partial charge in [0, 0.05) is 6.54 Å². The van der Waals surface area contributed by atoms with Crippen LogP contribution in [0.3, 0.4) is 0 Å². The second-order valence-electron chi connectivity index (χ2n) is 3.92. The Morgan fingerprint density at radius 2 is 2.08 bits per heavy atom. The van der Waals surface area contributed by atoms with E-state index < -0.39 is 0 Å². The topological polar surface area (TPSA) is 21.3 Å². The van der Waals surface area contributed by atoms with Crippen molar-refractivity contribution in [3.8, 4) is 0 Å². The van der Waals surface area contributed by atoms with Crippen LogP contribution in [0.15, 0.2) is 12.2 Å². The third-order valence-corrected chi connectivity index (χ3v) is 2.01. The highest BCUT2D eigenvalue weighted by atomic mass is 16.5. The van der Waals surface area contributed by atoms with Crippen LogP contribution in [0.2, 0.25) is 0 Å². The van der Waals surface area contributed by atoms with Gasteiger partial charge in [-0.25, -0.2) is 0 Å². The summed E-state index contributed by atoms with van der Waals surface area (Å²) in [5.74, 6) is 0.567. The van der Waals surface area contributed by atoms with Gasteiger partial charge in [0.05, 0.1) is 12.7 Å². The van der Waals surface area contributed by atoms with E-state index in [1.54, 1.807) is 0 Å². The quantitative estimate of drug-likeness (QED) is 0.614. The summed E-state index contributed by atoms with van der Waals surface area (Å²) in [6.45, 7) is 12.0. The zero-order chi connectivity index (χ0) is 10.3. The molecule has 0 aliphatic carbocycles. The normalized spacial score (nSPS) is 13.3. The molecule has 0 aliphatic rings. The maximum Gasteiger partial charge on any atom is 0.0722 e. The molecule has 13 heavy (non-hydrogen) atoms. The van der Waals surface area contributed by atoms with Gasteiger partial charge in [-0.3, -0.25) is 0 Å². The Hall–Kier alpha value is -0.340. The zero-order valence-electron chi connectivity index (χ0n) is 9.39. The van der Waals surface area contributed by atoms with Gasteiger partial charge in [0.15, 0.2) is 0 Å². The predicted octanol–water partition coefficient (Wildman–Crippen LogP) is 2.21. The molecule has 0 aromatic rings. The molecule has 0 spiro atoms. The Labute approximate surface area is 82.4 Å². The fourth-order valence-electron chi connectivity index (χ4n) is 1.07. The van der Waals surface area contributed by atoms with Crippen molar-refractivity contribution in [3.05, 3.63) is 12.2 Å². The second kappa shape index (κ2) is 7.10. The van der Waals surface area contributed by atoms with E-state index in [-0.39, 0.29) is 0 Å². The third-order valence-electron chi connectivity index (χ3n) is 2.01. The highest BCUT2D eigenvalue weighted by Gasteiger charge is 2.11. The Morgan fingerprint density at radius 3 is 2.46 bits per heavy atom. The lowest BCUT2D eigenvalue weighted by Crippen LogP contribution is -2.31. The molecule has 1 unspecified atom stereocenters.